The Morgan fingerprint density at radius 3 is 2.48 bits per heavy atom. The Hall–Kier alpha value is -2.60. The van der Waals surface area contributed by atoms with Crippen LogP contribution in [0.1, 0.15) is 36.6 Å². The van der Waals surface area contributed by atoms with E-state index in [-0.39, 0.29) is 23.2 Å². The number of benzene rings is 1. The fourth-order valence-corrected chi connectivity index (χ4v) is 4.65. The minimum absolute atomic E-state index is 0.224. The van der Waals surface area contributed by atoms with E-state index in [1.165, 1.54) is 22.4 Å². The van der Waals surface area contributed by atoms with Crippen LogP contribution in [-0.2, 0) is 21.5 Å². The molecule has 0 N–H and O–H groups in total. The molecule has 0 spiro atoms. The quantitative estimate of drug-likeness (QED) is 0.244. The van der Waals surface area contributed by atoms with Crippen LogP contribution in [0.3, 0.4) is 0 Å². The van der Waals surface area contributed by atoms with Crippen molar-refractivity contribution in [1.82, 2.24) is 24.7 Å². The Morgan fingerprint density at radius 1 is 1.15 bits per heavy atom. The molecule has 0 aliphatic rings. The number of carbonyl (C=O) groups excluding carboxylic acids is 1. The molecule has 0 aliphatic heterocycles. The molecular weight excluding hydrogens is 475 g/mol. The average Bonchev–Trinajstić information content (AvgIpc) is 3.13. The number of rotatable bonds is 8. The predicted octanol–water partition coefficient (Wildman–Crippen LogP) is 5.03. The van der Waals surface area contributed by atoms with E-state index in [1.807, 2.05) is 19.9 Å². The highest BCUT2D eigenvalue weighted by atomic mass is 32.2. The maximum atomic E-state index is 13.3. The summed E-state index contributed by atoms with van der Waals surface area (Å²) in [7, 11) is 0. The smallest absolute Gasteiger partial charge is 0.416 e. The molecule has 7 nitrogen and oxygen atoms in total. The summed E-state index contributed by atoms with van der Waals surface area (Å²) < 4.78 is 46.5. The van der Waals surface area contributed by atoms with Crippen molar-refractivity contribution < 1.29 is 22.7 Å². The van der Waals surface area contributed by atoms with E-state index in [0.29, 0.717) is 11.0 Å². The van der Waals surface area contributed by atoms with Crippen molar-refractivity contribution in [2.24, 2.45) is 0 Å². The molecule has 1 aromatic carbocycles. The van der Waals surface area contributed by atoms with Gasteiger partial charge in [-0.15, -0.1) is 10.2 Å². The molecule has 0 saturated heterocycles. The summed E-state index contributed by atoms with van der Waals surface area (Å²) in [6.45, 7) is 7.28. The standard InChI is InChI=1S/C21H22F3N5O2S2/c1-5-31-18(30)14(4)33-20-28-27-17(11-32-19-25-12(2)9-13(3)26-19)29(20)16-8-6-7-15(10-16)21(22,23)24/h6-10,14H,5,11H2,1-4H3/t14-/m0/s1. The van der Waals surface area contributed by atoms with Crippen LogP contribution >= 0.6 is 23.5 Å². The fraction of sp³-hybridized carbons (Fsp3) is 0.381. The molecule has 12 heteroatoms. The van der Waals surface area contributed by atoms with Crippen LogP contribution in [0.25, 0.3) is 5.69 Å². The van der Waals surface area contributed by atoms with Crippen LogP contribution < -0.4 is 0 Å². The number of aromatic nitrogens is 5. The number of hydrogen-bond acceptors (Lipinski definition) is 8. The normalized spacial score (nSPS) is 12.6. The Bertz CT molecular complexity index is 1120. The third-order valence-corrected chi connectivity index (χ3v) is 6.19. The first-order valence-corrected chi connectivity index (χ1v) is 11.8. The number of nitrogens with zero attached hydrogens (tertiary/aromatic N) is 5. The summed E-state index contributed by atoms with van der Waals surface area (Å²) >= 11 is 2.37. The van der Waals surface area contributed by atoms with E-state index >= 15 is 0 Å². The van der Waals surface area contributed by atoms with Gasteiger partial charge in [0.15, 0.2) is 10.3 Å². The van der Waals surface area contributed by atoms with Gasteiger partial charge in [0.25, 0.3) is 0 Å². The van der Waals surface area contributed by atoms with Crippen molar-refractivity contribution in [2.45, 2.75) is 55.2 Å². The molecule has 0 saturated carbocycles. The third-order valence-electron chi connectivity index (χ3n) is 4.32. The van der Waals surface area contributed by atoms with Crippen molar-refractivity contribution in [2.75, 3.05) is 6.61 Å². The molecule has 0 unspecified atom stereocenters. The van der Waals surface area contributed by atoms with Crippen molar-refractivity contribution in [3.63, 3.8) is 0 Å². The maximum Gasteiger partial charge on any atom is 0.416 e. The highest BCUT2D eigenvalue weighted by Gasteiger charge is 2.31. The Labute approximate surface area is 197 Å². The number of thioether (sulfide) groups is 2. The maximum absolute atomic E-state index is 13.3. The number of carbonyl (C=O) groups is 1. The number of esters is 1. The zero-order chi connectivity index (χ0) is 24.2. The first-order chi connectivity index (χ1) is 15.6. The number of hydrogen-bond donors (Lipinski definition) is 0. The lowest BCUT2D eigenvalue weighted by molar-refractivity contribution is -0.142. The second-order valence-corrected chi connectivity index (χ2v) is 9.27. The van der Waals surface area contributed by atoms with Gasteiger partial charge in [0, 0.05) is 11.4 Å². The Kier molecular flexibility index (Phi) is 8.01. The monoisotopic (exact) mass is 497 g/mol. The molecule has 176 valence electrons. The Morgan fingerprint density at radius 2 is 1.85 bits per heavy atom. The summed E-state index contributed by atoms with van der Waals surface area (Å²) in [5.74, 6) is 0.224. The molecule has 2 heterocycles. The van der Waals surface area contributed by atoms with Gasteiger partial charge in [0.1, 0.15) is 11.1 Å². The molecule has 1 atom stereocenters. The van der Waals surface area contributed by atoms with E-state index < -0.39 is 23.0 Å². The SMILES string of the molecule is CCOC(=O)[C@H](C)Sc1nnc(CSc2nc(C)cc(C)n2)n1-c1cccc(C(F)(F)F)c1. The number of halogens is 3. The molecule has 3 aromatic rings. The van der Waals surface area contributed by atoms with Gasteiger partial charge in [0.05, 0.1) is 23.6 Å². The minimum Gasteiger partial charge on any atom is -0.465 e. The zero-order valence-electron chi connectivity index (χ0n) is 18.4. The minimum atomic E-state index is -4.50. The van der Waals surface area contributed by atoms with E-state index in [1.54, 1.807) is 19.9 Å². The van der Waals surface area contributed by atoms with E-state index in [9.17, 15) is 18.0 Å². The lowest BCUT2D eigenvalue weighted by Gasteiger charge is -2.14. The molecular formula is C21H22F3N5O2S2. The molecule has 0 aliphatic carbocycles. The van der Waals surface area contributed by atoms with Crippen molar-refractivity contribution >= 4 is 29.5 Å². The summed E-state index contributed by atoms with van der Waals surface area (Å²) in [5.41, 5.74) is 1.07. The number of aryl methyl sites for hydroxylation is 2. The van der Waals surface area contributed by atoms with Gasteiger partial charge in [-0.25, -0.2) is 9.97 Å². The molecule has 0 fully saturated rings. The van der Waals surface area contributed by atoms with Gasteiger partial charge in [-0.05, 0) is 52.0 Å². The average molecular weight is 498 g/mol. The largest absolute Gasteiger partial charge is 0.465 e. The summed E-state index contributed by atoms with van der Waals surface area (Å²) in [6, 6.07) is 6.74. The predicted molar refractivity (Wildman–Crippen MR) is 119 cm³/mol. The summed E-state index contributed by atoms with van der Waals surface area (Å²) in [6.07, 6.45) is -4.50. The summed E-state index contributed by atoms with van der Waals surface area (Å²) in [5, 5.41) is 8.52. The molecule has 0 radical (unpaired) electrons. The van der Waals surface area contributed by atoms with Crippen molar-refractivity contribution in [3.05, 3.63) is 53.1 Å². The van der Waals surface area contributed by atoms with Gasteiger partial charge in [-0.2, -0.15) is 13.2 Å². The third kappa shape index (κ3) is 6.47. The summed E-state index contributed by atoms with van der Waals surface area (Å²) in [4.78, 5) is 20.8. The fourth-order valence-electron chi connectivity index (χ4n) is 2.90. The highest BCUT2D eigenvalue weighted by Crippen LogP contribution is 2.33. The van der Waals surface area contributed by atoms with Crippen LogP contribution in [0.15, 0.2) is 40.6 Å². The number of alkyl halides is 3. The molecule has 3 rings (SSSR count). The van der Waals surface area contributed by atoms with Crippen LogP contribution in [0, 0.1) is 13.8 Å². The van der Waals surface area contributed by atoms with Gasteiger partial charge in [0.2, 0.25) is 0 Å². The molecule has 2 aromatic heterocycles. The zero-order valence-corrected chi connectivity index (χ0v) is 20.0. The second-order valence-electron chi connectivity index (χ2n) is 7.02. The molecule has 0 amide bonds. The van der Waals surface area contributed by atoms with Gasteiger partial charge in [-0.3, -0.25) is 9.36 Å². The van der Waals surface area contributed by atoms with Gasteiger partial charge >= 0.3 is 12.1 Å². The lowest BCUT2D eigenvalue weighted by Crippen LogP contribution is -2.17. The van der Waals surface area contributed by atoms with Crippen molar-refractivity contribution in [1.29, 1.82) is 0 Å². The van der Waals surface area contributed by atoms with Gasteiger partial charge < -0.3 is 4.74 Å². The second kappa shape index (κ2) is 10.6. The van der Waals surface area contributed by atoms with Gasteiger partial charge in [-0.1, -0.05) is 29.6 Å². The van der Waals surface area contributed by atoms with Crippen LogP contribution in [0.5, 0.6) is 0 Å². The molecule has 0 bridgehead atoms. The van der Waals surface area contributed by atoms with Crippen LogP contribution in [-0.4, -0.2) is 42.6 Å². The van der Waals surface area contributed by atoms with E-state index in [4.69, 9.17) is 4.74 Å². The highest BCUT2D eigenvalue weighted by molar-refractivity contribution is 8.00. The first kappa shape index (κ1) is 25.0. The van der Waals surface area contributed by atoms with Crippen molar-refractivity contribution in [3.8, 4) is 5.69 Å². The lowest BCUT2D eigenvalue weighted by atomic mass is 10.2. The molecule has 33 heavy (non-hydrogen) atoms. The first-order valence-electron chi connectivity index (χ1n) is 9.98. The van der Waals surface area contributed by atoms with Crippen LogP contribution in [0.2, 0.25) is 0 Å². The van der Waals surface area contributed by atoms with Crippen LogP contribution in [0.4, 0.5) is 13.2 Å². The number of ether oxygens (including phenoxy) is 1. The van der Waals surface area contributed by atoms with E-state index in [2.05, 4.69) is 20.2 Å². The Balaban J connectivity index is 1.97. The van der Waals surface area contributed by atoms with E-state index in [0.717, 1.165) is 35.3 Å². The topological polar surface area (TPSA) is 82.8 Å².